The Balaban J connectivity index is 0.00000374. The molecule has 0 saturated carbocycles. The van der Waals surface area contributed by atoms with Crippen molar-refractivity contribution in [1.29, 1.82) is 0 Å². The number of carbonyl (C=O) groups is 4. The van der Waals surface area contributed by atoms with E-state index >= 15 is 0 Å². The fraction of sp³-hybridized carbons (Fsp3) is 0.319. The van der Waals surface area contributed by atoms with Gasteiger partial charge >= 0.3 is 12.2 Å². The molecule has 5 aromatic rings. The Morgan fingerprint density at radius 2 is 1.30 bits per heavy atom. The zero-order valence-electron chi connectivity index (χ0n) is 35.3. The van der Waals surface area contributed by atoms with Gasteiger partial charge in [-0.1, -0.05) is 86.5 Å². The quantitative estimate of drug-likeness (QED) is 0.104. The first-order valence-corrected chi connectivity index (χ1v) is 20.3. The molecule has 4 N–H and O–H groups in total. The number of nitrogens with zero attached hydrogens (tertiary/aromatic N) is 4. The number of nitrogens with one attached hydrogen (secondary N) is 4. The first-order chi connectivity index (χ1) is 29.6. The largest absolute Gasteiger partial charge is 0.453 e. The van der Waals surface area contributed by atoms with E-state index in [1.54, 1.807) is 22.2 Å². The van der Waals surface area contributed by atoms with Gasteiger partial charge in [0, 0.05) is 24.2 Å². The lowest BCUT2D eigenvalue weighted by Crippen LogP contribution is -2.51. The van der Waals surface area contributed by atoms with Crippen LogP contribution >= 0.6 is 24.8 Å². The van der Waals surface area contributed by atoms with E-state index < -0.39 is 24.3 Å². The van der Waals surface area contributed by atoms with Crippen LogP contribution < -0.4 is 10.6 Å². The molecule has 16 heteroatoms. The molecule has 2 fully saturated rings. The number of methoxy groups -OCH3 is 2. The van der Waals surface area contributed by atoms with Gasteiger partial charge in [-0.25, -0.2) is 19.6 Å². The SMILES string of the molecule is COC(=O)NC(C(=O)N1CCCC1c1ncc(-c2ccc(C#CC#Cc3cnc(C4CCCN4C(=O)[C@@H](NC(=O)OC)C(C)C)[nH]3)c(-c3ccccc3)c2)[nH]1)c1ccccc1.Cl.Cl. The number of ether oxygens (including phenoxy) is 2. The van der Waals surface area contributed by atoms with E-state index in [1.165, 1.54) is 14.2 Å². The van der Waals surface area contributed by atoms with Gasteiger partial charge in [-0.05, 0) is 78.2 Å². The van der Waals surface area contributed by atoms with Crippen LogP contribution in [-0.4, -0.2) is 87.1 Å². The number of halogens is 2. The Labute approximate surface area is 379 Å². The molecule has 4 heterocycles. The Kier molecular flexibility index (Phi) is 16.4. The van der Waals surface area contributed by atoms with E-state index in [-0.39, 0.29) is 54.6 Å². The Hall–Kier alpha value is -6.74. The molecule has 0 spiro atoms. The summed E-state index contributed by atoms with van der Waals surface area (Å²) in [4.78, 5) is 71.3. The van der Waals surface area contributed by atoms with Crippen molar-refractivity contribution in [3.63, 3.8) is 0 Å². The number of aromatic amines is 2. The standard InChI is InChI=1S/C47H48N8O6.2ClH/c1-30(2)40(52-46(58)60-3)44(56)54-25-13-21-38(54)42-48-28-35(50-42)20-12-11-17-32-23-24-34(27-36(32)31-15-7-5-8-16-31)37-29-49-43(51-37)39-22-14-26-55(39)45(57)41(53-47(59)61-4)33-18-9-6-10-19-33;;/h5-10,15-16,18-19,23-24,27-30,38-41H,13-14,21-22,25-26H2,1-4H3,(H,48,50)(H,49,51)(H,52,58)(H,53,59);2*1H/t38?,39?,40-,41?;;/m0../s1. The van der Waals surface area contributed by atoms with Crippen LogP contribution in [0.15, 0.2) is 91.3 Å². The zero-order chi connectivity index (χ0) is 42.9. The molecule has 0 bridgehead atoms. The summed E-state index contributed by atoms with van der Waals surface area (Å²) in [6.45, 7) is 4.84. The zero-order valence-corrected chi connectivity index (χ0v) is 37.0. The molecule has 4 atom stereocenters. The molecule has 4 amide bonds. The number of H-pyrrole nitrogens is 2. The molecule has 14 nitrogen and oxygen atoms in total. The van der Waals surface area contributed by atoms with Gasteiger partial charge < -0.3 is 39.9 Å². The first-order valence-electron chi connectivity index (χ1n) is 20.3. The summed E-state index contributed by atoms with van der Waals surface area (Å²) in [6.07, 6.45) is 5.14. The van der Waals surface area contributed by atoms with Crippen LogP contribution in [0.4, 0.5) is 9.59 Å². The predicted octanol–water partition coefficient (Wildman–Crippen LogP) is 7.52. The van der Waals surface area contributed by atoms with Gasteiger partial charge in [-0.15, -0.1) is 24.8 Å². The van der Waals surface area contributed by atoms with Crippen LogP contribution in [0, 0.1) is 29.6 Å². The van der Waals surface area contributed by atoms with Crippen LogP contribution in [0.1, 0.15) is 86.1 Å². The van der Waals surface area contributed by atoms with Crippen LogP contribution in [0.5, 0.6) is 0 Å². The van der Waals surface area contributed by atoms with Crippen molar-refractivity contribution in [1.82, 2.24) is 40.4 Å². The topological polar surface area (TPSA) is 175 Å². The smallest absolute Gasteiger partial charge is 0.407 e. The highest BCUT2D eigenvalue weighted by atomic mass is 35.5. The number of hydrogen-bond acceptors (Lipinski definition) is 8. The monoisotopic (exact) mass is 892 g/mol. The van der Waals surface area contributed by atoms with Crippen LogP contribution in [0.2, 0.25) is 0 Å². The number of carbonyl (C=O) groups excluding carboxylic acids is 4. The Morgan fingerprint density at radius 1 is 0.714 bits per heavy atom. The van der Waals surface area contributed by atoms with Gasteiger partial charge in [0.05, 0.1) is 44.4 Å². The maximum absolute atomic E-state index is 14.0. The number of rotatable bonds is 10. The molecule has 2 aliphatic rings. The molecule has 63 heavy (non-hydrogen) atoms. The average molecular weight is 894 g/mol. The predicted molar refractivity (Wildman–Crippen MR) is 243 cm³/mol. The third-order valence-electron chi connectivity index (χ3n) is 11.0. The fourth-order valence-corrected chi connectivity index (χ4v) is 7.88. The Morgan fingerprint density at radius 3 is 1.95 bits per heavy atom. The number of imidazole rings is 2. The molecule has 7 rings (SSSR count). The van der Waals surface area contributed by atoms with Gasteiger partial charge in [-0.2, -0.15) is 0 Å². The third-order valence-corrected chi connectivity index (χ3v) is 11.0. The highest BCUT2D eigenvalue weighted by Gasteiger charge is 2.38. The van der Waals surface area contributed by atoms with Gasteiger partial charge in [0.25, 0.3) is 5.91 Å². The highest BCUT2D eigenvalue weighted by molar-refractivity contribution is 5.88. The molecular weight excluding hydrogens is 843 g/mol. The maximum atomic E-state index is 14.0. The summed E-state index contributed by atoms with van der Waals surface area (Å²) in [5.41, 5.74) is 5.59. The summed E-state index contributed by atoms with van der Waals surface area (Å²) < 4.78 is 9.59. The lowest BCUT2D eigenvalue weighted by molar-refractivity contribution is -0.135. The van der Waals surface area contributed by atoms with Crippen molar-refractivity contribution in [2.24, 2.45) is 5.92 Å². The number of aromatic nitrogens is 4. The normalized spacial score (nSPS) is 16.2. The summed E-state index contributed by atoms with van der Waals surface area (Å²) in [5, 5.41) is 5.39. The molecule has 2 aliphatic heterocycles. The van der Waals surface area contributed by atoms with E-state index in [9.17, 15) is 19.2 Å². The molecule has 2 saturated heterocycles. The molecular formula is C47H50Cl2N8O6. The van der Waals surface area contributed by atoms with Crippen molar-refractivity contribution in [2.75, 3.05) is 27.3 Å². The average Bonchev–Trinajstić information content (AvgIpc) is 4.14. The highest BCUT2D eigenvalue weighted by Crippen LogP contribution is 2.36. The molecule has 328 valence electrons. The number of amides is 4. The third kappa shape index (κ3) is 11.0. The summed E-state index contributed by atoms with van der Waals surface area (Å²) in [7, 11) is 2.55. The minimum absolute atomic E-state index is 0. The molecule has 3 aromatic carbocycles. The van der Waals surface area contributed by atoms with Gasteiger partial charge in [0.2, 0.25) is 5.91 Å². The lowest BCUT2D eigenvalue weighted by atomic mass is 9.96. The van der Waals surface area contributed by atoms with Gasteiger partial charge in [-0.3, -0.25) is 9.59 Å². The van der Waals surface area contributed by atoms with E-state index in [0.29, 0.717) is 36.0 Å². The van der Waals surface area contributed by atoms with Crippen LogP contribution in [0.25, 0.3) is 22.4 Å². The number of alkyl carbamates (subject to hydrolysis) is 2. The van der Waals surface area contributed by atoms with Crippen molar-refractivity contribution >= 4 is 48.8 Å². The molecule has 0 radical (unpaired) electrons. The Bertz CT molecular complexity index is 2510. The van der Waals surface area contributed by atoms with Gasteiger partial charge in [0.15, 0.2) is 0 Å². The molecule has 0 aliphatic carbocycles. The van der Waals surface area contributed by atoms with Crippen LogP contribution in [0.3, 0.4) is 0 Å². The van der Waals surface area contributed by atoms with E-state index in [1.807, 2.05) is 86.6 Å². The maximum Gasteiger partial charge on any atom is 0.407 e. The summed E-state index contributed by atoms with van der Waals surface area (Å²) in [5.74, 6) is 13.0. The van der Waals surface area contributed by atoms with Crippen molar-refractivity contribution in [3.05, 3.63) is 120 Å². The van der Waals surface area contributed by atoms with Gasteiger partial charge in [0.1, 0.15) is 29.4 Å². The molecule has 2 aromatic heterocycles. The van der Waals surface area contributed by atoms with E-state index in [0.717, 1.165) is 53.6 Å². The summed E-state index contributed by atoms with van der Waals surface area (Å²) >= 11 is 0. The van der Waals surface area contributed by atoms with Crippen molar-refractivity contribution < 1.29 is 28.7 Å². The second-order valence-electron chi connectivity index (χ2n) is 15.2. The van der Waals surface area contributed by atoms with E-state index in [4.69, 9.17) is 14.5 Å². The second-order valence-corrected chi connectivity index (χ2v) is 15.2. The number of benzene rings is 3. The van der Waals surface area contributed by atoms with Crippen molar-refractivity contribution in [3.8, 4) is 46.1 Å². The summed E-state index contributed by atoms with van der Waals surface area (Å²) in [6, 6.07) is 22.9. The van der Waals surface area contributed by atoms with E-state index in [2.05, 4.69) is 55.3 Å². The molecule has 3 unspecified atom stereocenters. The minimum Gasteiger partial charge on any atom is -0.453 e. The second kappa shape index (κ2) is 21.9. The lowest BCUT2D eigenvalue weighted by Gasteiger charge is -2.29. The number of hydrogen-bond donors (Lipinski definition) is 4. The van der Waals surface area contributed by atoms with Crippen molar-refractivity contribution in [2.45, 2.75) is 63.7 Å². The number of likely N-dealkylation sites (tertiary alicyclic amines) is 2. The fourth-order valence-electron chi connectivity index (χ4n) is 7.88. The van der Waals surface area contributed by atoms with Crippen LogP contribution in [-0.2, 0) is 19.1 Å². The minimum atomic E-state index is -0.908. The first kappa shape index (κ1) is 47.3.